The molecule has 1 saturated heterocycles. The van der Waals surface area contributed by atoms with Crippen molar-refractivity contribution in [3.8, 4) is 0 Å². The van der Waals surface area contributed by atoms with E-state index in [0.717, 1.165) is 23.0 Å². The molecule has 142 valence electrons. The van der Waals surface area contributed by atoms with Gasteiger partial charge in [-0.1, -0.05) is 71.9 Å². The lowest BCUT2D eigenvalue weighted by molar-refractivity contribution is -0.131. The first kappa shape index (κ1) is 17.5. The summed E-state index contributed by atoms with van der Waals surface area (Å²) < 4.78 is 0. The Kier molecular flexibility index (Phi) is 4.10. The van der Waals surface area contributed by atoms with Crippen molar-refractivity contribution >= 4 is 40.0 Å². The quantitative estimate of drug-likeness (QED) is 0.625. The average Bonchev–Trinajstić information content (AvgIpc) is 3.26. The summed E-state index contributed by atoms with van der Waals surface area (Å²) in [5, 5.41) is 2.25. The van der Waals surface area contributed by atoms with Gasteiger partial charge < -0.3 is 4.84 Å². The van der Waals surface area contributed by atoms with E-state index in [2.05, 4.69) is 5.16 Å². The van der Waals surface area contributed by atoms with Crippen LogP contribution >= 0.6 is 11.8 Å². The highest BCUT2D eigenvalue weighted by atomic mass is 32.2. The number of carbonyl (C=O) groups is 2. The van der Waals surface area contributed by atoms with Crippen LogP contribution in [0.15, 0.2) is 96.2 Å². The van der Waals surface area contributed by atoms with Gasteiger partial charge in [-0.15, -0.1) is 0 Å². The molecule has 2 aliphatic rings. The highest BCUT2D eigenvalue weighted by Crippen LogP contribution is 2.49. The molecule has 1 unspecified atom stereocenters. The van der Waals surface area contributed by atoms with Crippen LogP contribution in [0, 0.1) is 0 Å². The molecule has 1 spiro atoms. The maximum atomic E-state index is 12.9. The van der Waals surface area contributed by atoms with Gasteiger partial charge in [-0.3, -0.25) is 14.5 Å². The van der Waals surface area contributed by atoms with E-state index in [1.165, 1.54) is 4.90 Å². The Hall–Kier alpha value is -3.58. The maximum Gasteiger partial charge on any atom is 0.359 e. The Morgan fingerprint density at radius 2 is 1.24 bits per heavy atom. The Morgan fingerprint density at radius 1 is 0.724 bits per heavy atom. The molecule has 7 heteroatoms. The molecule has 1 atom stereocenters. The molecule has 0 N–H and O–H groups in total. The number of benzene rings is 3. The van der Waals surface area contributed by atoms with Crippen molar-refractivity contribution in [1.82, 2.24) is 0 Å². The van der Waals surface area contributed by atoms with Gasteiger partial charge in [0.05, 0.1) is 5.69 Å². The second kappa shape index (κ2) is 6.79. The zero-order valence-electron chi connectivity index (χ0n) is 15.1. The van der Waals surface area contributed by atoms with Gasteiger partial charge in [0.25, 0.3) is 5.12 Å². The van der Waals surface area contributed by atoms with Crippen LogP contribution in [0.25, 0.3) is 0 Å². The highest BCUT2D eigenvalue weighted by molar-refractivity contribution is 8.17. The number of hydrogen-bond acceptors (Lipinski definition) is 6. The van der Waals surface area contributed by atoms with Crippen molar-refractivity contribution in [1.29, 1.82) is 0 Å². The maximum absolute atomic E-state index is 12.9. The van der Waals surface area contributed by atoms with Crippen LogP contribution in [0.5, 0.6) is 0 Å². The molecule has 5 rings (SSSR count). The summed E-state index contributed by atoms with van der Waals surface area (Å²) in [5.41, 5.74) is 2.12. The normalized spacial score (nSPS) is 20.9. The molecule has 2 aliphatic heterocycles. The summed E-state index contributed by atoms with van der Waals surface area (Å²) in [5.74, 6) is -0.126. The molecule has 3 aromatic rings. The molecule has 3 aromatic carbocycles. The standard InChI is InChI=1S/C22H15N3O3S/c26-20-21(27)29-22(25(20)18-14-8-3-9-15-18)24(17-12-6-2-7-13-17)19(23-28-22)16-10-4-1-5-11-16/h1-15H. The summed E-state index contributed by atoms with van der Waals surface area (Å²) in [6.45, 7) is 0. The molecule has 6 nitrogen and oxygen atoms in total. The first-order chi connectivity index (χ1) is 14.2. The SMILES string of the molecule is O=C1SC2(ON=C(c3ccccc3)N2c2ccccc2)N(c2ccccc2)C1=O. The summed E-state index contributed by atoms with van der Waals surface area (Å²) in [6.07, 6.45) is 0. The van der Waals surface area contributed by atoms with Crippen LogP contribution in [0.2, 0.25) is 0 Å². The summed E-state index contributed by atoms with van der Waals surface area (Å²) >= 11 is 0.814. The fourth-order valence-corrected chi connectivity index (χ4v) is 4.50. The third-order valence-corrected chi connectivity index (χ3v) is 5.76. The Bertz CT molecular complexity index is 1110. The molecule has 0 saturated carbocycles. The van der Waals surface area contributed by atoms with Crippen molar-refractivity contribution in [2.75, 3.05) is 9.80 Å². The number of thioether (sulfide) groups is 1. The van der Waals surface area contributed by atoms with E-state index < -0.39 is 16.2 Å². The lowest BCUT2D eigenvalue weighted by Crippen LogP contribution is -2.57. The molecule has 1 amide bonds. The molecule has 0 bridgehead atoms. The van der Waals surface area contributed by atoms with Crippen LogP contribution in [0.1, 0.15) is 5.56 Å². The van der Waals surface area contributed by atoms with Crippen LogP contribution in [-0.4, -0.2) is 22.0 Å². The van der Waals surface area contributed by atoms with E-state index in [4.69, 9.17) is 4.84 Å². The third kappa shape index (κ3) is 2.70. The molecular weight excluding hydrogens is 386 g/mol. The van der Waals surface area contributed by atoms with Crippen molar-refractivity contribution in [2.24, 2.45) is 5.16 Å². The smallest absolute Gasteiger partial charge is 0.331 e. The van der Waals surface area contributed by atoms with E-state index >= 15 is 0 Å². The second-order valence-electron chi connectivity index (χ2n) is 6.46. The van der Waals surface area contributed by atoms with Gasteiger partial charge in [-0.2, -0.15) is 0 Å². The van der Waals surface area contributed by atoms with Gasteiger partial charge in [-0.25, -0.2) is 4.90 Å². The minimum atomic E-state index is -1.47. The number of para-hydroxylation sites is 2. The Labute approximate surface area is 171 Å². The molecule has 0 aliphatic carbocycles. The van der Waals surface area contributed by atoms with E-state index in [0.29, 0.717) is 11.5 Å². The van der Waals surface area contributed by atoms with Crippen LogP contribution in [0.3, 0.4) is 0 Å². The van der Waals surface area contributed by atoms with Gasteiger partial charge in [0.1, 0.15) is 0 Å². The lowest BCUT2D eigenvalue weighted by atomic mass is 10.1. The summed E-state index contributed by atoms with van der Waals surface area (Å²) in [7, 11) is 0. The first-order valence-electron chi connectivity index (χ1n) is 9.00. The second-order valence-corrected chi connectivity index (χ2v) is 7.56. The predicted molar refractivity (Wildman–Crippen MR) is 112 cm³/mol. The average molecular weight is 401 g/mol. The van der Waals surface area contributed by atoms with E-state index in [1.54, 1.807) is 17.0 Å². The number of oxime groups is 1. The number of hydrogen-bond donors (Lipinski definition) is 0. The summed E-state index contributed by atoms with van der Waals surface area (Å²) in [6, 6.07) is 28.0. The van der Waals surface area contributed by atoms with Gasteiger partial charge in [0, 0.05) is 23.0 Å². The number of carbonyl (C=O) groups excluding carboxylic acids is 2. The van der Waals surface area contributed by atoms with E-state index in [1.807, 2.05) is 78.9 Å². The van der Waals surface area contributed by atoms with E-state index in [-0.39, 0.29) is 0 Å². The molecule has 0 radical (unpaired) electrons. The Morgan fingerprint density at radius 3 is 1.83 bits per heavy atom. The predicted octanol–water partition coefficient (Wildman–Crippen LogP) is 3.80. The van der Waals surface area contributed by atoms with E-state index in [9.17, 15) is 9.59 Å². The largest absolute Gasteiger partial charge is 0.359 e. The number of amidine groups is 1. The van der Waals surface area contributed by atoms with Crippen molar-refractivity contribution in [2.45, 2.75) is 5.18 Å². The fraction of sp³-hybridized carbons (Fsp3) is 0.0455. The van der Waals surface area contributed by atoms with Crippen molar-refractivity contribution in [3.05, 3.63) is 96.6 Å². The minimum Gasteiger partial charge on any atom is -0.331 e. The van der Waals surface area contributed by atoms with Gasteiger partial charge >= 0.3 is 11.1 Å². The zero-order valence-corrected chi connectivity index (χ0v) is 16.0. The first-order valence-corrected chi connectivity index (χ1v) is 9.82. The van der Waals surface area contributed by atoms with Crippen LogP contribution in [-0.2, 0) is 14.4 Å². The lowest BCUT2D eigenvalue weighted by Gasteiger charge is -2.38. The minimum absolute atomic E-state index is 0.521. The van der Waals surface area contributed by atoms with Crippen molar-refractivity contribution < 1.29 is 14.4 Å². The summed E-state index contributed by atoms with van der Waals surface area (Å²) in [4.78, 5) is 34.5. The molecule has 2 heterocycles. The highest BCUT2D eigenvalue weighted by Gasteiger charge is 2.63. The topological polar surface area (TPSA) is 62.2 Å². The molecule has 1 fully saturated rings. The zero-order chi connectivity index (χ0) is 19.8. The van der Waals surface area contributed by atoms with Gasteiger partial charge in [-0.05, 0) is 24.3 Å². The third-order valence-electron chi connectivity index (χ3n) is 4.69. The molecule has 29 heavy (non-hydrogen) atoms. The van der Waals surface area contributed by atoms with Gasteiger partial charge in [0.15, 0.2) is 5.84 Å². The number of rotatable bonds is 3. The van der Waals surface area contributed by atoms with Crippen molar-refractivity contribution in [3.63, 3.8) is 0 Å². The number of nitrogens with zero attached hydrogens (tertiary/aromatic N) is 3. The van der Waals surface area contributed by atoms with Crippen LogP contribution < -0.4 is 9.80 Å². The van der Waals surface area contributed by atoms with Crippen LogP contribution in [0.4, 0.5) is 11.4 Å². The fourth-order valence-electron chi connectivity index (χ4n) is 3.44. The number of amides is 1. The molecule has 0 aromatic heterocycles. The number of anilines is 2. The Balaban J connectivity index is 1.70. The van der Waals surface area contributed by atoms with Gasteiger partial charge in [0.2, 0.25) is 0 Å². The molecular formula is C22H15N3O3S. The monoisotopic (exact) mass is 401 g/mol.